The number of nitrogens with one attached hydrogen (secondary N) is 1. The Morgan fingerprint density at radius 2 is 2.00 bits per heavy atom. The summed E-state index contributed by atoms with van der Waals surface area (Å²) in [5.41, 5.74) is 3.13. The number of carbonyl (C=O) groups is 1. The van der Waals surface area contributed by atoms with Gasteiger partial charge in [0.2, 0.25) is 5.89 Å². The summed E-state index contributed by atoms with van der Waals surface area (Å²) in [5.74, 6) is 1.57. The lowest BCUT2D eigenvalue weighted by Gasteiger charge is -2.06. The Labute approximate surface area is 196 Å². The summed E-state index contributed by atoms with van der Waals surface area (Å²) < 4.78 is 13.3. The third-order valence-corrected chi connectivity index (χ3v) is 5.86. The Kier molecular flexibility index (Phi) is 6.79. The lowest BCUT2D eigenvalue weighted by molar-refractivity contribution is 0.102. The molecule has 4 aromatic rings. The average Bonchev–Trinajstić information content (AvgIpc) is 3.37. The van der Waals surface area contributed by atoms with Gasteiger partial charge >= 0.3 is 0 Å². The van der Waals surface area contributed by atoms with Crippen LogP contribution < -0.4 is 10.1 Å². The summed E-state index contributed by atoms with van der Waals surface area (Å²) in [5, 5.41) is 11.2. The fourth-order valence-electron chi connectivity index (χ4n) is 3.37. The largest absolute Gasteiger partial charge is 0.493 e. The molecule has 0 saturated heterocycles. The molecule has 2 aromatic heterocycles. The van der Waals surface area contributed by atoms with Crippen molar-refractivity contribution >= 4 is 23.4 Å². The van der Waals surface area contributed by atoms with E-state index in [1.807, 2.05) is 75.6 Å². The first-order valence-corrected chi connectivity index (χ1v) is 11.8. The molecule has 0 saturated carbocycles. The molecular formula is C24H25N5O3S. The number of thioether (sulfide) groups is 1. The highest BCUT2D eigenvalue weighted by Crippen LogP contribution is 2.31. The van der Waals surface area contributed by atoms with Crippen molar-refractivity contribution in [3.8, 4) is 17.2 Å². The zero-order valence-electron chi connectivity index (χ0n) is 19.0. The minimum atomic E-state index is -0.305. The first-order valence-electron chi connectivity index (χ1n) is 10.5. The van der Waals surface area contributed by atoms with Gasteiger partial charge in [-0.15, -0.1) is 16.9 Å². The fourth-order valence-corrected chi connectivity index (χ4v) is 3.83. The van der Waals surface area contributed by atoms with E-state index in [1.165, 1.54) is 0 Å². The molecule has 170 valence electrons. The standard InChI is InChI=1S/C24H25N5O3S/c1-5-31-21-12-7-6-11-19(21)24-26-20(16(3)32-24)14-29-15(2)22(27-28-29)23(30)25-17-9-8-10-18(13-17)33-4/h6-13H,5,14H2,1-4H3,(H,25,30). The van der Waals surface area contributed by atoms with Gasteiger partial charge in [-0.3, -0.25) is 4.79 Å². The van der Waals surface area contributed by atoms with Gasteiger partial charge in [-0.1, -0.05) is 23.4 Å². The molecule has 0 radical (unpaired) electrons. The number of rotatable bonds is 8. The molecular weight excluding hydrogens is 438 g/mol. The van der Waals surface area contributed by atoms with Crippen molar-refractivity contribution in [3.05, 3.63) is 71.4 Å². The van der Waals surface area contributed by atoms with E-state index in [-0.39, 0.29) is 11.6 Å². The second kappa shape index (κ2) is 9.91. The van der Waals surface area contributed by atoms with Crippen molar-refractivity contribution in [1.29, 1.82) is 0 Å². The Balaban J connectivity index is 1.54. The zero-order chi connectivity index (χ0) is 23.4. The highest BCUT2D eigenvalue weighted by molar-refractivity contribution is 7.98. The number of amides is 1. The summed E-state index contributed by atoms with van der Waals surface area (Å²) in [6, 6.07) is 15.3. The Bertz CT molecular complexity index is 1280. The van der Waals surface area contributed by atoms with Gasteiger partial charge in [-0.05, 0) is 57.4 Å². The summed E-state index contributed by atoms with van der Waals surface area (Å²) in [7, 11) is 0. The van der Waals surface area contributed by atoms with Gasteiger partial charge in [0.05, 0.1) is 24.4 Å². The van der Waals surface area contributed by atoms with Crippen LogP contribution in [0.5, 0.6) is 5.75 Å². The number of hydrogen-bond acceptors (Lipinski definition) is 7. The lowest BCUT2D eigenvalue weighted by atomic mass is 10.2. The maximum Gasteiger partial charge on any atom is 0.278 e. The van der Waals surface area contributed by atoms with Crippen molar-refractivity contribution in [2.24, 2.45) is 0 Å². The van der Waals surface area contributed by atoms with Crippen LogP contribution in [0.3, 0.4) is 0 Å². The van der Waals surface area contributed by atoms with Gasteiger partial charge in [0.1, 0.15) is 17.2 Å². The Hall–Kier alpha value is -3.59. The van der Waals surface area contributed by atoms with Crippen LogP contribution in [-0.4, -0.2) is 38.7 Å². The number of ether oxygens (including phenoxy) is 1. The van der Waals surface area contributed by atoms with Crippen LogP contribution in [0.25, 0.3) is 11.5 Å². The van der Waals surface area contributed by atoms with E-state index in [0.717, 1.165) is 10.5 Å². The van der Waals surface area contributed by atoms with Gasteiger partial charge in [0, 0.05) is 10.6 Å². The monoisotopic (exact) mass is 463 g/mol. The number of hydrogen-bond donors (Lipinski definition) is 1. The first kappa shape index (κ1) is 22.6. The molecule has 0 aliphatic carbocycles. The quantitative estimate of drug-likeness (QED) is 0.369. The van der Waals surface area contributed by atoms with Crippen molar-refractivity contribution in [3.63, 3.8) is 0 Å². The van der Waals surface area contributed by atoms with Crippen LogP contribution in [0.4, 0.5) is 5.69 Å². The van der Waals surface area contributed by atoms with Crippen molar-refractivity contribution in [1.82, 2.24) is 20.0 Å². The summed E-state index contributed by atoms with van der Waals surface area (Å²) in [4.78, 5) is 18.5. The van der Waals surface area contributed by atoms with E-state index in [4.69, 9.17) is 9.15 Å². The number of anilines is 1. The lowest BCUT2D eigenvalue weighted by Crippen LogP contribution is -2.14. The SMILES string of the molecule is CCOc1ccccc1-c1nc(Cn2nnc(C(=O)Nc3cccc(SC)c3)c2C)c(C)o1. The van der Waals surface area contributed by atoms with Gasteiger partial charge in [0.25, 0.3) is 5.91 Å². The maximum absolute atomic E-state index is 12.8. The first-order chi connectivity index (χ1) is 16.0. The highest BCUT2D eigenvalue weighted by atomic mass is 32.2. The second-order valence-electron chi connectivity index (χ2n) is 7.32. The van der Waals surface area contributed by atoms with Crippen LogP contribution in [0, 0.1) is 13.8 Å². The molecule has 0 fully saturated rings. The van der Waals surface area contributed by atoms with E-state index < -0.39 is 0 Å². The molecule has 0 aliphatic rings. The van der Waals surface area contributed by atoms with Crippen molar-refractivity contribution in [2.45, 2.75) is 32.2 Å². The number of para-hydroxylation sites is 1. The average molecular weight is 464 g/mol. The van der Waals surface area contributed by atoms with E-state index in [0.29, 0.717) is 47.6 Å². The molecule has 0 unspecified atom stereocenters. The summed E-state index contributed by atoms with van der Waals surface area (Å²) in [6.45, 7) is 6.49. The van der Waals surface area contributed by atoms with Crippen molar-refractivity contribution < 1.29 is 13.9 Å². The molecule has 9 heteroatoms. The number of nitrogens with zero attached hydrogens (tertiary/aromatic N) is 4. The summed E-state index contributed by atoms with van der Waals surface area (Å²) >= 11 is 1.61. The van der Waals surface area contributed by atoms with Gasteiger partial charge < -0.3 is 14.5 Å². The van der Waals surface area contributed by atoms with Crippen LogP contribution >= 0.6 is 11.8 Å². The molecule has 2 heterocycles. The fraction of sp³-hybridized carbons (Fsp3) is 0.250. The Morgan fingerprint density at radius 3 is 2.79 bits per heavy atom. The normalized spacial score (nSPS) is 10.9. The minimum Gasteiger partial charge on any atom is -0.493 e. The molecule has 1 amide bonds. The second-order valence-corrected chi connectivity index (χ2v) is 8.20. The van der Waals surface area contributed by atoms with Gasteiger partial charge in [0.15, 0.2) is 5.69 Å². The molecule has 1 N–H and O–H groups in total. The van der Waals surface area contributed by atoms with Crippen LogP contribution in [0.15, 0.2) is 57.8 Å². The van der Waals surface area contributed by atoms with E-state index in [2.05, 4.69) is 20.6 Å². The topological polar surface area (TPSA) is 95.1 Å². The van der Waals surface area contributed by atoms with E-state index in [9.17, 15) is 4.79 Å². The van der Waals surface area contributed by atoms with Crippen molar-refractivity contribution in [2.75, 3.05) is 18.2 Å². The predicted octanol–water partition coefficient (Wildman–Crippen LogP) is 4.97. The number of aryl methyl sites for hydroxylation is 1. The number of aromatic nitrogens is 4. The van der Waals surface area contributed by atoms with Gasteiger partial charge in [-0.25, -0.2) is 9.67 Å². The van der Waals surface area contributed by atoms with Crippen LogP contribution in [0.2, 0.25) is 0 Å². The molecule has 4 rings (SSSR count). The van der Waals surface area contributed by atoms with E-state index >= 15 is 0 Å². The van der Waals surface area contributed by atoms with Crippen LogP contribution in [0.1, 0.15) is 34.6 Å². The van der Waals surface area contributed by atoms with Crippen LogP contribution in [-0.2, 0) is 6.54 Å². The third kappa shape index (κ3) is 4.93. The van der Waals surface area contributed by atoms with Gasteiger partial charge in [-0.2, -0.15) is 0 Å². The summed E-state index contributed by atoms with van der Waals surface area (Å²) in [6.07, 6.45) is 1.99. The molecule has 2 aromatic carbocycles. The predicted molar refractivity (Wildman–Crippen MR) is 128 cm³/mol. The zero-order valence-corrected chi connectivity index (χ0v) is 19.8. The number of carbonyl (C=O) groups excluding carboxylic acids is 1. The molecule has 0 bridgehead atoms. The number of benzene rings is 2. The molecule has 0 atom stereocenters. The molecule has 8 nitrogen and oxygen atoms in total. The number of oxazole rings is 1. The molecule has 0 aliphatic heterocycles. The van der Waals surface area contributed by atoms with E-state index in [1.54, 1.807) is 16.4 Å². The highest BCUT2D eigenvalue weighted by Gasteiger charge is 2.20. The molecule has 33 heavy (non-hydrogen) atoms. The minimum absolute atomic E-state index is 0.271. The molecule has 0 spiro atoms. The maximum atomic E-state index is 12.8. The third-order valence-electron chi connectivity index (χ3n) is 5.13. The Morgan fingerprint density at radius 1 is 1.18 bits per heavy atom. The smallest absolute Gasteiger partial charge is 0.278 e.